The molecule has 2 aromatic carbocycles. The Bertz CT molecular complexity index is 655. The number of rotatable bonds is 8. The first kappa shape index (κ1) is 17.9. The van der Waals surface area contributed by atoms with Crippen molar-refractivity contribution in [3.8, 4) is 11.5 Å². The molecular formula is C20H25NO3. The minimum absolute atomic E-state index is 0.0908. The zero-order valence-electron chi connectivity index (χ0n) is 14.6. The fourth-order valence-electron chi connectivity index (χ4n) is 2.47. The summed E-state index contributed by atoms with van der Waals surface area (Å²) in [5.74, 6) is 1.57. The Labute approximate surface area is 144 Å². The zero-order valence-corrected chi connectivity index (χ0v) is 14.6. The van der Waals surface area contributed by atoms with Crippen LogP contribution in [0.2, 0.25) is 0 Å². The van der Waals surface area contributed by atoms with Crippen molar-refractivity contribution in [2.75, 3.05) is 25.2 Å². The first-order valence-electron chi connectivity index (χ1n) is 8.35. The minimum Gasteiger partial charge on any atom is -0.490 e. The standard InChI is InChI=1S/C20H25NO3/c1-4-23-18-13-11-16(15-19(18)24-5-2)12-14-20(22)21(3)17-9-7-6-8-10-17/h6-11,13,15H,4-5,12,14H2,1-3H3. The van der Waals surface area contributed by atoms with Crippen molar-refractivity contribution in [3.05, 3.63) is 54.1 Å². The molecule has 0 aliphatic carbocycles. The number of benzene rings is 2. The zero-order chi connectivity index (χ0) is 17.4. The molecule has 4 nitrogen and oxygen atoms in total. The van der Waals surface area contributed by atoms with Gasteiger partial charge in [-0.3, -0.25) is 4.79 Å². The van der Waals surface area contributed by atoms with Gasteiger partial charge in [0.1, 0.15) is 0 Å². The van der Waals surface area contributed by atoms with Gasteiger partial charge in [0.25, 0.3) is 0 Å². The van der Waals surface area contributed by atoms with E-state index in [-0.39, 0.29) is 5.91 Å². The van der Waals surface area contributed by atoms with Crippen LogP contribution in [-0.4, -0.2) is 26.2 Å². The molecule has 0 heterocycles. The van der Waals surface area contributed by atoms with Crippen molar-refractivity contribution in [2.24, 2.45) is 0 Å². The third-order valence-corrected chi connectivity index (χ3v) is 3.75. The van der Waals surface area contributed by atoms with Gasteiger partial charge in [-0.15, -0.1) is 0 Å². The van der Waals surface area contributed by atoms with Crippen molar-refractivity contribution in [2.45, 2.75) is 26.7 Å². The number of carbonyl (C=O) groups is 1. The molecule has 0 saturated carbocycles. The second-order valence-corrected chi connectivity index (χ2v) is 5.44. The lowest BCUT2D eigenvalue weighted by molar-refractivity contribution is -0.118. The lowest BCUT2D eigenvalue weighted by Gasteiger charge is -2.17. The van der Waals surface area contributed by atoms with Crippen molar-refractivity contribution < 1.29 is 14.3 Å². The van der Waals surface area contributed by atoms with E-state index in [4.69, 9.17) is 9.47 Å². The maximum atomic E-state index is 12.4. The molecule has 0 saturated heterocycles. The van der Waals surface area contributed by atoms with E-state index in [2.05, 4.69) is 0 Å². The van der Waals surface area contributed by atoms with E-state index in [1.54, 1.807) is 4.90 Å². The normalized spacial score (nSPS) is 10.3. The van der Waals surface area contributed by atoms with Gasteiger partial charge in [0.05, 0.1) is 13.2 Å². The molecule has 0 aromatic heterocycles. The summed E-state index contributed by atoms with van der Waals surface area (Å²) in [7, 11) is 1.81. The van der Waals surface area contributed by atoms with Crippen LogP contribution in [0.3, 0.4) is 0 Å². The van der Waals surface area contributed by atoms with Crippen molar-refractivity contribution in [3.63, 3.8) is 0 Å². The molecule has 128 valence electrons. The molecule has 0 unspecified atom stereocenters. The highest BCUT2D eigenvalue weighted by Crippen LogP contribution is 2.29. The minimum atomic E-state index is 0.0908. The van der Waals surface area contributed by atoms with Gasteiger partial charge in [-0.2, -0.15) is 0 Å². The molecular weight excluding hydrogens is 302 g/mol. The van der Waals surface area contributed by atoms with E-state index in [1.165, 1.54) is 0 Å². The lowest BCUT2D eigenvalue weighted by Crippen LogP contribution is -2.26. The van der Waals surface area contributed by atoms with Crippen molar-refractivity contribution >= 4 is 11.6 Å². The summed E-state index contributed by atoms with van der Waals surface area (Å²) in [6.07, 6.45) is 1.12. The molecule has 0 aliphatic heterocycles. The molecule has 24 heavy (non-hydrogen) atoms. The number of carbonyl (C=O) groups excluding carboxylic acids is 1. The highest BCUT2D eigenvalue weighted by atomic mass is 16.5. The second kappa shape index (κ2) is 8.96. The Morgan fingerprint density at radius 3 is 2.29 bits per heavy atom. The van der Waals surface area contributed by atoms with Crippen LogP contribution in [0, 0.1) is 0 Å². The molecule has 1 amide bonds. The fourth-order valence-corrected chi connectivity index (χ4v) is 2.47. The Hall–Kier alpha value is -2.49. The predicted octanol–water partition coefficient (Wildman–Crippen LogP) is 4.08. The van der Waals surface area contributed by atoms with Gasteiger partial charge in [0.2, 0.25) is 5.91 Å². The highest BCUT2D eigenvalue weighted by molar-refractivity contribution is 5.92. The van der Waals surface area contributed by atoms with E-state index < -0.39 is 0 Å². The number of amides is 1. The fraction of sp³-hybridized carbons (Fsp3) is 0.350. The number of anilines is 1. The Balaban J connectivity index is 2.00. The summed E-state index contributed by atoms with van der Waals surface area (Å²) in [4.78, 5) is 14.1. The largest absolute Gasteiger partial charge is 0.490 e. The predicted molar refractivity (Wildman–Crippen MR) is 97.0 cm³/mol. The van der Waals surface area contributed by atoms with E-state index in [0.717, 1.165) is 22.7 Å². The van der Waals surface area contributed by atoms with Crippen LogP contribution < -0.4 is 14.4 Å². The topological polar surface area (TPSA) is 38.8 Å². The monoisotopic (exact) mass is 327 g/mol. The Morgan fingerprint density at radius 1 is 0.958 bits per heavy atom. The maximum Gasteiger partial charge on any atom is 0.227 e. The summed E-state index contributed by atoms with van der Waals surface area (Å²) in [5, 5.41) is 0. The van der Waals surface area contributed by atoms with Gasteiger partial charge in [-0.1, -0.05) is 24.3 Å². The third kappa shape index (κ3) is 4.75. The van der Waals surface area contributed by atoms with Gasteiger partial charge in [-0.05, 0) is 50.1 Å². The molecule has 0 N–H and O–H groups in total. The molecule has 0 spiro atoms. The Morgan fingerprint density at radius 2 is 1.62 bits per heavy atom. The maximum absolute atomic E-state index is 12.4. The number of nitrogens with zero attached hydrogens (tertiary/aromatic N) is 1. The summed E-state index contributed by atoms with van der Waals surface area (Å²) < 4.78 is 11.2. The summed E-state index contributed by atoms with van der Waals surface area (Å²) >= 11 is 0. The van der Waals surface area contributed by atoms with Gasteiger partial charge < -0.3 is 14.4 Å². The third-order valence-electron chi connectivity index (χ3n) is 3.75. The molecule has 0 fully saturated rings. The molecule has 0 aliphatic rings. The SMILES string of the molecule is CCOc1ccc(CCC(=O)N(C)c2ccccc2)cc1OCC. The molecule has 4 heteroatoms. The first-order valence-corrected chi connectivity index (χ1v) is 8.35. The van der Waals surface area contributed by atoms with Crippen LogP contribution in [-0.2, 0) is 11.2 Å². The first-order chi connectivity index (χ1) is 11.7. The van der Waals surface area contributed by atoms with E-state index in [0.29, 0.717) is 26.1 Å². The van der Waals surface area contributed by atoms with Gasteiger partial charge >= 0.3 is 0 Å². The van der Waals surface area contributed by atoms with Gasteiger partial charge in [0, 0.05) is 19.2 Å². The number of aryl methyl sites for hydroxylation is 1. The van der Waals surface area contributed by atoms with E-state index in [9.17, 15) is 4.79 Å². The van der Waals surface area contributed by atoms with Gasteiger partial charge in [-0.25, -0.2) is 0 Å². The summed E-state index contributed by atoms with van der Waals surface area (Å²) in [5.41, 5.74) is 1.97. The average Bonchev–Trinajstić information content (AvgIpc) is 2.62. The smallest absolute Gasteiger partial charge is 0.227 e. The van der Waals surface area contributed by atoms with Crippen LogP contribution in [0.15, 0.2) is 48.5 Å². The molecule has 0 bridgehead atoms. The average molecular weight is 327 g/mol. The second-order valence-electron chi connectivity index (χ2n) is 5.44. The molecule has 2 aromatic rings. The quantitative estimate of drug-likeness (QED) is 0.733. The highest BCUT2D eigenvalue weighted by Gasteiger charge is 2.12. The lowest BCUT2D eigenvalue weighted by atomic mass is 10.1. The van der Waals surface area contributed by atoms with Crippen molar-refractivity contribution in [1.82, 2.24) is 0 Å². The van der Waals surface area contributed by atoms with Crippen LogP contribution in [0.25, 0.3) is 0 Å². The Kier molecular flexibility index (Phi) is 6.67. The molecule has 2 rings (SSSR count). The molecule has 0 atom stereocenters. The number of ether oxygens (including phenoxy) is 2. The van der Waals surface area contributed by atoms with Crippen LogP contribution in [0.4, 0.5) is 5.69 Å². The van der Waals surface area contributed by atoms with Crippen LogP contribution in [0.1, 0.15) is 25.8 Å². The summed E-state index contributed by atoms with van der Waals surface area (Å²) in [6.45, 7) is 5.07. The molecule has 0 radical (unpaired) electrons. The van der Waals surface area contributed by atoms with Crippen molar-refractivity contribution in [1.29, 1.82) is 0 Å². The van der Waals surface area contributed by atoms with Crippen LogP contribution >= 0.6 is 0 Å². The van der Waals surface area contributed by atoms with E-state index >= 15 is 0 Å². The number of hydrogen-bond donors (Lipinski definition) is 0. The van der Waals surface area contributed by atoms with Crippen LogP contribution in [0.5, 0.6) is 11.5 Å². The summed E-state index contributed by atoms with van der Waals surface area (Å²) in [6, 6.07) is 15.5. The number of hydrogen-bond acceptors (Lipinski definition) is 3. The van der Waals surface area contributed by atoms with Gasteiger partial charge in [0.15, 0.2) is 11.5 Å². The number of para-hydroxylation sites is 1. The van der Waals surface area contributed by atoms with E-state index in [1.807, 2.05) is 69.4 Å².